The third kappa shape index (κ3) is 3.61. The molecule has 1 saturated heterocycles. The summed E-state index contributed by atoms with van der Waals surface area (Å²) in [6.45, 7) is -0.545. The Bertz CT molecular complexity index is 269. The maximum Gasteiger partial charge on any atom is 0.329 e. The van der Waals surface area contributed by atoms with Crippen molar-refractivity contribution in [3.05, 3.63) is 0 Å². The summed E-state index contributed by atoms with van der Waals surface area (Å²) in [4.78, 5) is 10.4. The van der Waals surface area contributed by atoms with E-state index in [1.807, 2.05) is 0 Å². The third-order valence-electron chi connectivity index (χ3n) is 2.61. The Labute approximate surface area is 104 Å². The summed E-state index contributed by atoms with van der Waals surface area (Å²) in [5.41, 5.74) is 0. The molecular formula is C10H18O8. The van der Waals surface area contributed by atoms with Gasteiger partial charge in [-0.05, 0) is 0 Å². The number of rotatable bonds is 6. The molecule has 0 saturated carbocycles. The van der Waals surface area contributed by atoms with E-state index in [1.54, 1.807) is 0 Å². The fourth-order valence-electron chi connectivity index (χ4n) is 1.74. The van der Waals surface area contributed by atoms with Gasteiger partial charge in [0.15, 0.2) is 6.29 Å². The van der Waals surface area contributed by atoms with Crippen LogP contribution in [0.1, 0.15) is 0 Å². The Hall–Kier alpha value is -0.770. The summed E-state index contributed by atoms with van der Waals surface area (Å²) in [6, 6.07) is 0. The number of methoxy groups -OCH3 is 2. The molecule has 1 aliphatic rings. The lowest BCUT2D eigenvalue weighted by molar-refractivity contribution is -0.303. The third-order valence-corrected chi connectivity index (χ3v) is 2.61. The molecule has 18 heavy (non-hydrogen) atoms. The molecule has 8 heteroatoms. The lowest BCUT2D eigenvalue weighted by Gasteiger charge is -2.41. The molecule has 3 N–H and O–H groups in total. The Kier molecular flexibility index (Phi) is 5.93. The molecule has 0 radical (unpaired) electrons. The Balaban J connectivity index is 2.68. The van der Waals surface area contributed by atoms with Crippen molar-refractivity contribution < 1.29 is 39.1 Å². The number of carboxylic acids is 1. The van der Waals surface area contributed by atoms with Crippen LogP contribution in [0.25, 0.3) is 0 Å². The smallest absolute Gasteiger partial charge is 0.329 e. The first-order valence-electron chi connectivity index (χ1n) is 5.38. The number of aliphatic carboxylic acids is 1. The van der Waals surface area contributed by atoms with Gasteiger partial charge in [0.05, 0.1) is 6.61 Å². The molecule has 1 aliphatic heterocycles. The highest BCUT2D eigenvalue weighted by molar-refractivity contribution is 5.68. The second kappa shape index (κ2) is 6.98. The molecule has 0 aromatic heterocycles. The minimum absolute atomic E-state index is 0.0732. The molecule has 0 aromatic rings. The van der Waals surface area contributed by atoms with Crippen molar-refractivity contribution in [2.24, 2.45) is 0 Å². The number of carboxylic acid groups (broad SMARTS) is 1. The zero-order valence-electron chi connectivity index (χ0n) is 10.2. The average Bonchev–Trinajstić information content (AvgIpc) is 2.33. The van der Waals surface area contributed by atoms with Crippen molar-refractivity contribution in [2.75, 3.05) is 27.4 Å². The standard InChI is InChI=1S/C10H18O8/c1-15-3-5-7(13)8(14)9(10(16-2)18-5)17-4-6(11)12/h5,7-10,13-14H,3-4H2,1-2H3,(H,11,12)/t5-,7-,8+,9-,10+/m1/s1. The fraction of sp³-hybridized carbons (Fsp3) is 0.900. The predicted molar refractivity (Wildman–Crippen MR) is 56.9 cm³/mol. The van der Waals surface area contributed by atoms with Crippen LogP contribution in [0.5, 0.6) is 0 Å². The molecule has 8 nitrogen and oxygen atoms in total. The van der Waals surface area contributed by atoms with Gasteiger partial charge in [-0.15, -0.1) is 0 Å². The Morgan fingerprint density at radius 1 is 1.28 bits per heavy atom. The molecule has 1 heterocycles. The molecule has 0 amide bonds. The monoisotopic (exact) mass is 266 g/mol. The number of ether oxygens (including phenoxy) is 4. The minimum atomic E-state index is -1.32. The number of aliphatic hydroxyl groups excluding tert-OH is 2. The van der Waals surface area contributed by atoms with Gasteiger partial charge in [0.2, 0.25) is 0 Å². The average molecular weight is 266 g/mol. The molecule has 0 aromatic carbocycles. The molecular weight excluding hydrogens is 248 g/mol. The van der Waals surface area contributed by atoms with E-state index >= 15 is 0 Å². The second-order valence-electron chi connectivity index (χ2n) is 3.88. The molecule has 0 unspecified atom stereocenters. The lowest BCUT2D eigenvalue weighted by Crippen LogP contribution is -2.60. The number of hydrogen-bond donors (Lipinski definition) is 3. The van der Waals surface area contributed by atoms with Crippen LogP contribution in [0.15, 0.2) is 0 Å². The van der Waals surface area contributed by atoms with Gasteiger partial charge in [-0.25, -0.2) is 4.79 Å². The van der Waals surface area contributed by atoms with Crippen molar-refractivity contribution in [1.82, 2.24) is 0 Å². The van der Waals surface area contributed by atoms with Gasteiger partial charge < -0.3 is 34.3 Å². The van der Waals surface area contributed by atoms with Gasteiger partial charge in [-0.2, -0.15) is 0 Å². The van der Waals surface area contributed by atoms with E-state index in [1.165, 1.54) is 14.2 Å². The fourth-order valence-corrected chi connectivity index (χ4v) is 1.74. The van der Waals surface area contributed by atoms with Crippen LogP contribution in [0.4, 0.5) is 0 Å². The number of hydrogen-bond acceptors (Lipinski definition) is 7. The molecule has 1 rings (SSSR count). The minimum Gasteiger partial charge on any atom is -0.480 e. The van der Waals surface area contributed by atoms with Gasteiger partial charge in [0.1, 0.15) is 31.0 Å². The van der Waals surface area contributed by atoms with Crippen LogP contribution < -0.4 is 0 Å². The van der Waals surface area contributed by atoms with E-state index in [-0.39, 0.29) is 6.61 Å². The summed E-state index contributed by atoms with van der Waals surface area (Å²) in [7, 11) is 2.76. The lowest BCUT2D eigenvalue weighted by atomic mass is 9.99. The first-order valence-corrected chi connectivity index (χ1v) is 5.38. The zero-order chi connectivity index (χ0) is 13.7. The van der Waals surface area contributed by atoms with Gasteiger partial charge in [-0.3, -0.25) is 0 Å². The maximum atomic E-state index is 10.4. The van der Waals surface area contributed by atoms with Crippen LogP contribution in [0.2, 0.25) is 0 Å². The summed E-state index contributed by atoms with van der Waals surface area (Å²) >= 11 is 0. The van der Waals surface area contributed by atoms with Crippen molar-refractivity contribution in [3.8, 4) is 0 Å². The van der Waals surface area contributed by atoms with Crippen molar-refractivity contribution >= 4 is 5.97 Å². The van der Waals surface area contributed by atoms with Gasteiger partial charge in [0, 0.05) is 14.2 Å². The van der Waals surface area contributed by atoms with Crippen LogP contribution in [-0.4, -0.2) is 79.4 Å². The van der Waals surface area contributed by atoms with E-state index in [0.717, 1.165) is 0 Å². The topological polar surface area (TPSA) is 115 Å². The van der Waals surface area contributed by atoms with Crippen LogP contribution >= 0.6 is 0 Å². The highest BCUT2D eigenvalue weighted by atomic mass is 16.7. The molecule has 5 atom stereocenters. The van der Waals surface area contributed by atoms with Gasteiger partial charge >= 0.3 is 5.97 Å². The Morgan fingerprint density at radius 3 is 2.44 bits per heavy atom. The Morgan fingerprint density at radius 2 is 1.94 bits per heavy atom. The summed E-state index contributed by atoms with van der Waals surface area (Å²) in [5, 5.41) is 28.2. The second-order valence-corrected chi connectivity index (χ2v) is 3.88. The van der Waals surface area contributed by atoms with Crippen LogP contribution in [-0.2, 0) is 23.7 Å². The summed E-state index contributed by atoms with van der Waals surface area (Å²) < 4.78 is 20.1. The predicted octanol–water partition coefficient (Wildman–Crippen LogP) is -1.80. The molecule has 0 bridgehead atoms. The molecule has 0 aliphatic carbocycles. The normalized spacial score (nSPS) is 36.6. The van der Waals surface area contributed by atoms with Crippen molar-refractivity contribution in [1.29, 1.82) is 0 Å². The van der Waals surface area contributed by atoms with E-state index < -0.39 is 43.3 Å². The molecule has 1 fully saturated rings. The van der Waals surface area contributed by atoms with E-state index in [4.69, 9.17) is 24.1 Å². The maximum absolute atomic E-state index is 10.4. The van der Waals surface area contributed by atoms with Gasteiger partial charge in [-0.1, -0.05) is 0 Å². The van der Waals surface area contributed by atoms with Crippen molar-refractivity contribution in [2.45, 2.75) is 30.7 Å². The molecule has 0 spiro atoms. The van der Waals surface area contributed by atoms with E-state index in [2.05, 4.69) is 0 Å². The SMILES string of the molecule is COC[C@H]1O[C@H](OC)[C@H](OCC(=O)O)[C@@H](O)[C@@H]1O. The van der Waals surface area contributed by atoms with E-state index in [0.29, 0.717) is 0 Å². The zero-order valence-corrected chi connectivity index (χ0v) is 10.2. The summed E-state index contributed by atoms with van der Waals surface area (Å²) in [6.07, 6.45) is -5.37. The highest BCUT2D eigenvalue weighted by Crippen LogP contribution is 2.24. The number of carbonyl (C=O) groups is 1. The summed E-state index contributed by atoms with van der Waals surface area (Å²) in [5.74, 6) is -1.19. The quantitative estimate of drug-likeness (QED) is 0.515. The first-order chi connectivity index (χ1) is 8.51. The number of aliphatic hydroxyl groups is 2. The first kappa shape index (κ1) is 15.3. The molecule has 106 valence electrons. The van der Waals surface area contributed by atoms with Crippen molar-refractivity contribution in [3.63, 3.8) is 0 Å². The highest BCUT2D eigenvalue weighted by Gasteiger charge is 2.45. The van der Waals surface area contributed by atoms with Crippen LogP contribution in [0, 0.1) is 0 Å². The van der Waals surface area contributed by atoms with E-state index in [9.17, 15) is 15.0 Å². The van der Waals surface area contributed by atoms with Gasteiger partial charge in [0.25, 0.3) is 0 Å². The van der Waals surface area contributed by atoms with Crippen LogP contribution in [0.3, 0.4) is 0 Å². The largest absolute Gasteiger partial charge is 0.480 e.